The van der Waals surface area contributed by atoms with Crippen molar-refractivity contribution in [3.63, 3.8) is 0 Å². The van der Waals surface area contributed by atoms with E-state index < -0.39 is 10.5 Å². The van der Waals surface area contributed by atoms with Gasteiger partial charge >= 0.3 is 0 Å². The molecular formula is C22H17ClN4O3. The number of nitro groups is 1. The topological polar surface area (TPSA) is 90.1 Å². The minimum atomic E-state index is -0.513. The van der Waals surface area contributed by atoms with E-state index in [1.807, 2.05) is 31.2 Å². The third-order valence-electron chi connectivity index (χ3n) is 4.87. The molecule has 0 fully saturated rings. The van der Waals surface area contributed by atoms with E-state index >= 15 is 0 Å². The van der Waals surface area contributed by atoms with Crippen molar-refractivity contribution in [2.75, 3.05) is 5.32 Å². The van der Waals surface area contributed by atoms with Crippen LogP contribution in [0.4, 0.5) is 11.4 Å². The summed E-state index contributed by atoms with van der Waals surface area (Å²) in [4.78, 5) is 23.0. The monoisotopic (exact) mass is 420 g/mol. The van der Waals surface area contributed by atoms with E-state index in [0.29, 0.717) is 11.4 Å². The first kappa shape index (κ1) is 19.6. The molecule has 4 aromatic rings. The summed E-state index contributed by atoms with van der Waals surface area (Å²) in [5.41, 5.74) is 1.27. The average Bonchev–Trinajstić information content (AvgIpc) is 2.76. The largest absolute Gasteiger partial charge is 0.376 e. The second-order valence-corrected chi connectivity index (χ2v) is 7.21. The molecule has 1 unspecified atom stereocenters. The lowest BCUT2D eigenvalue weighted by molar-refractivity contribution is -0.384. The van der Waals surface area contributed by atoms with Crippen LogP contribution in [0.1, 0.15) is 18.5 Å². The fourth-order valence-electron chi connectivity index (χ4n) is 3.23. The number of hydrogen-bond donors (Lipinski definition) is 1. The van der Waals surface area contributed by atoms with E-state index in [4.69, 9.17) is 11.6 Å². The third kappa shape index (κ3) is 3.75. The number of aromatic nitrogens is 2. The number of nitro benzene ring substituents is 1. The van der Waals surface area contributed by atoms with Crippen LogP contribution in [0.3, 0.4) is 0 Å². The van der Waals surface area contributed by atoms with Crippen LogP contribution in [-0.4, -0.2) is 14.7 Å². The summed E-state index contributed by atoms with van der Waals surface area (Å²) in [6.45, 7) is 1.97. The number of nitrogens with zero attached hydrogens (tertiary/aromatic N) is 3. The molecule has 3 aromatic carbocycles. The first-order valence-electron chi connectivity index (χ1n) is 9.22. The van der Waals surface area contributed by atoms with Crippen molar-refractivity contribution >= 4 is 33.7 Å². The number of halogens is 1. The molecular weight excluding hydrogens is 404 g/mol. The molecule has 0 aliphatic carbocycles. The quantitative estimate of drug-likeness (QED) is 0.357. The predicted molar refractivity (Wildman–Crippen MR) is 117 cm³/mol. The van der Waals surface area contributed by atoms with E-state index in [1.54, 1.807) is 0 Å². The molecule has 1 N–H and O–H groups in total. The van der Waals surface area contributed by atoms with Gasteiger partial charge in [0.15, 0.2) is 0 Å². The Morgan fingerprint density at radius 2 is 1.77 bits per heavy atom. The highest BCUT2D eigenvalue weighted by Gasteiger charge is 2.15. The Hall–Kier alpha value is -3.71. The lowest BCUT2D eigenvalue weighted by atomic mass is 10.0. The van der Waals surface area contributed by atoms with Crippen LogP contribution in [0.25, 0.3) is 16.5 Å². The Morgan fingerprint density at radius 3 is 2.47 bits per heavy atom. The molecule has 1 aromatic heterocycles. The zero-order valence-corrected chi connectivity index (χ0v) is 16.7. The number of hydrogen-bond acceptors (Lipinski definition) is 5. The summed E-state index contributed by atoms with van der Waals surface area (Å²) in [6.07, 6.45) is 1.47. The molecule has 0 aliphatic heterocycles. The summed E-state index contributed by atoms with van der Waals surface area (Å²) >= 11 is 6.31. The van der Waals surface area contributed by atoms with Gasteiger partial charge < -0.3 is 5.32 Å². The molecule has 1 atom stereocenters. The Kier molecular flexibility index (Phi) is 5.20. The Labute approximate surface area is 176 Å². The summed E-state index contributed by atoms with van der Waals surface area (Å²) in [6, 6.07) is 19.7. The van der Waals surface area contributed by atoms with Gasteiger partial charge in [0.1, 0.15) is 5.02 Å². The Morgan fingerprint density at radius 1 is 1.07 bits per heavy atom. The van der Waals surface area contributed by atoms with Crippen LogP contribution in [0.15, 0.2) is 77.7 Å². The van der Waals surface area contributed by atoms with Gasteiger partial charge in [-0.15, -0.1) is 0 Å². The molecule has 0 spiro atoms. The fraction of sp³-hybridized carbons (Fsp3) is 0.0909. The zero-order chi connectivity index (χ0) is 21.3. The highest BCUT2D eigenvalue weighted by molar-refractivity contribution is 6.33. The summed E-state index contributed by atoms with van der Waals surface area (Å²) in [5, 5.41) is 20.5. The lowest BCUT2D eigenvalue weighted by Crippen LogP contribution is -2.23. The van der Waals surface area contributed by atoms with Crippen LogP contribution in [0, 0.1) is 10.1 Å². The normalized spacial score (nSPS) is 11.9. The lowest BCUT2D eigenvalue weighted by Gasteiger charge is -2.17. The van der Waals surface area contributed by atoms with E-state index in [2.05, 4.69) is 28.6 Å². The molecule has 0 radical (unpaired) electrons. The Balaban J connectivity index is 1.61. The SMILES string of the molecule is CC(Nc1cnn(-c2ccc([N+](=O)[O-])cc2)c(=O)c1Cl)c1ccc2ccccc2c1. The van der Waals surface area contributed by atoms with Gasteiger partial charge in [-0.2, -0.15) is 9.78 Å². The van der Waals surface area contributed by atoms with Crippen LogP contribution in [0.5, 0.6) is 0 Å². The summed E-state index contributed by atoms with van der Waals surface area (Å²) in [5.74, 6) is 0. The van der Waals surface area contributed by atoms with Gasteiger partial charge in [-0.05, 0) is 41.5 Å². The molecule has 1 heterocycles. The first-order valence-corrected chi connectivity index (χ1v) is 9.60. The van der Waals surface area contributed by atoms with Crippen molar-refractivity contribution in [2.45, 2.75) is 13.0 Å². The molecule has 150 valence electrons. The molecule has 0 saturated heterocycles. The molecule has 4 rings (SSSR count). The van der Waals surface area contributed by atoms with Gasteiger partial charge in [0.05, 0.1) is 22.5 Å². The van der Waals surface area contributed by atoms with Crippen LogP contribution < -0.4 is 10.9 Å². The number of anilines is 1. The summed E-state index contributed by atoms with van der Waals surface area (Å²) < 4.78 is 1.11. The van der Waals surface area contributed by atoms with Crippen molar-refractivity contribution in [3.05, 3.63) is 104 Å². The minimum Gasteiger partial charge on any atom is -0.376 e. The van der Waals surface area contributed by atoms with Crippen LogP contribution in [0.2, 0.25) is 5.02 Å². The van der Waals surface area contributed by atoms with Crippen molar-refractivity contribution in [1.29, 1.82) is 0 Å². The maximum absolute atomic E-state index is 12.7. The number of non-ortho nitro benzene ring substituents is 1. The van der Waals surface area contributed by atoms with Crippen molar-refractivity contribution in [3.8, 4) is 5.69 Å². The van der Waals surface area contributed by atoms with Crippen LogP contribution in [-0.2, 0) is 0 Å². The van der Waals surface area contributed by atoms with E-state index in [-0.39, 0.29) is 16.8 Å². The van der Waals surface area contributed by atoms with Gasteiger partial charge in [0, 0.05) is 18.2 Å². The van der Waals surface area contributed by atoms with Crippen LogP contribution >= 0.6 is 11.6 Å². The predicted octanol–water partition coefficient (Wildman–Crippen LogP) is 5.12. The van der Waals surface area contributed by atoms with E-state index in [1.165, 1.54) is 30.5 Å². The van der Waals surface area contributed by atoms with Crippen molar-refractivity contribution < 1.29 is 4.92 Å². The molecule has 0 amide bonds. The number of nitrogens with one attached hydrogen (secondary N) is 1. The highest BCUT2D eigenvalue weighted by atomic mass is 35.5. The van der Waals surface area contributed by atoms with E-state index in [9.17, 15) is 14.9 Å². The molecule has 8 heteroatoms. The molecule has 0 bridgehead atoms. The summed E-state index contributed by atoms with van der Waals surface area (Å²) in [7, 11) is 0. The molecule has 30 heavy (non-hydrogen) atoms. The maximum Gasteiger partial charge on any atom is 0.292 e. The van der Waals surface area contributed by atoms with Gasteiger partial charge in [-0.25, -0.2) is 0 Å². The fourth-order valence-corrected chi connectivity index (χ4v) is 3.41. The van der Waals surface area contributed by atoms with Gasteiger partial charge in [0.2, 0.25) is 0 Å². The average molecular weight is 421 g/mol. The smallest absolute Gasteiger partial charge is 0.292 e. The van der Waals surface area contributed by atoms with Gasteiger partial charge in [-0.1, -0.05) is 48.0 Å². The molecule has 7 nitrogen and oxygen atoms in total. The van der Waals surface area contributed by atoms with Crippen molar-refractivity contribution in [1.82, 2.24) is 9.78 Å². The number of benzene rings is 3. The molecule has 0 saturated carbocycles. The first-order chi connectivity index (χ1) is 14.4. The standard InChI is InChI=1S/C22H17ClN4O3/c1-14(16-7-6-15-4-2-3-5-17(15)12-16)25-20-13-24-26(22(28)21(20)23)18-8-10-19(11-9-18)27(29)30/h2-14,25H,1H3. The second kappa shape index (κ2) is 7.96. The third-order valence-corrected chi connectivity index (χ3v) is 5.23. The maximum atomic E-state index is 12.7. The zero-order valence-electron chi connectivity index (χ0n) is 15.9. The van der Waals surface area contributed by atoms with E-state index in [0.717, 1.165) is 21.0 Å². The molecule has 0 aliphatic rings. The number of rotatable bonds is 5. The minimum absolute atomic E-state index is 0.00371. The highest BCUT2D eigenvalue weighted by Crippen LogP contribution is 2.26. The Bertz CT molecular complexity index is 1300. The second-order valence-electron chi connectivity index (χ2n) is 6.84. The van der Waals surface area contributed by atoms with Gasteiger partial charge in [-0.3, -0.25) is 14.9 Å². The van der Waals surface area contributed by atoms with Crippen molar-refractivity contribution in [2.24, 2.45) is 0 Å². The van der Waals surface area contributed by atoms with Gasteiger partial charge in [0.25, 0.3) is 11.2 Å². The number of fused-ring (bicyclic) bond motifs is 1.